The zero-order chi connectivity index (χ0) is 14.8. The predicted molar refractivity (Wildman–Crippen MR) is 81.2 cm³/mol. The number of nitrogens with two attached hydrogens (primary N) is 1. The highest BCUT2D eigenvalue weighted by Crippen LogP contribution is 2.24. The molecule has 7 heteroatoms. The number of nitrogens with zero attached hydrogens (tertiary/aromatic N) is 1. The molecule has 1 aliphatic heterocycles. The van der Waals surface area contributed by atoms with Gasteiger partial charge in [0.1, 0.15) is 0 Å². The molecule has 1 fully saturated rings. The quantitative estimate of drug-likeness (QED) is 0.712. The highest BCUT2D eigenvalue weighted by atomic mass is 32.2. The van der Waals surface area contributed by atoms with Crippen LogP contribution in [0.25, 0.3) is 0 Å². The van der Waals surface area contributed by atoms with Gasteiger partial charge in [0.2, 0.25) is 10.0 Å². The molecule has 0 aliphatic carbocycles. The van der Waals surface area contributed by atoms with Crippen LogP contribution in [0.3, 0.4) is 0 Å². The SMILES string of the molecule is CNS(=O)(=O)c1ccc(NC2CCCN(C)C2)c(N)c1. The maximum atomic E-state index is 11.7. The van der Waals surface area contributed by atoms with Crippen LogP contribution < -0.4 is 15.8 Å². The molecule has 4 N–H and O–H groups in total. The van der Waals surface area contributed by atoms with Crippen molar-refractivity contribution in [2.24, 2.45) is 0 Å². The summed E-state index contributed by atoms with van der Waals surface area (Å²) in [4.78, 5) is 2.46. The normalized spacial score (nSPS) is 20.8. The molecule has 0 aromatic heterocycles. The molecule has 1 unspecified atom stereocenters. The predicted octanol–water partition coefficient (Wildman–Crippen LogP) is 0.683. The molecule has 20 heavy (non-hydrogen) atoms. The van der Waals surface area contributed by atoms with Gasteiger partial charge < -0.3 is 16.0 Å². The molecule has 1 saturated heterocycles. The van der Waals surface area contributed by atoms with E-state index in [0.29, 0.717) is 11.7 Å². The van der Waals surface area contributed by atoms with Gasteiger partial charge in [0.15, 0.2) is 0 Å². The van der Waals surface area contributed by atoms with E-state index in [2.05, 4.69) is 22.0 Å². The molecule has 0 saturated carbocycles. The number of piperidine rings is 1. The molecule has 0 amide bonds. The lowest BCUT2D eigenvalue weighted by Gasteiger charge is -2.31. The average Bonchev–Trinajstić information content (AvgIpc) is 2.41. The van der Waals surface area contributed by atoms with Crippen molar-refractivity contribution in [1.29, 1.82) is 0 Å². The minimum Gasteiger partial charge on any atom is -0.397 e. The van der Waals surface area contributed by atoms with Crippen molar-refractivity contribution in [3.05, 3.63) is 18.2 Å². The van der Waals surface area contributed by atoms with Gasteiger partial charge in [-0.2, -0.15) is 0 Å². The number of nitrogen functional groups attached to an aromatic ring is 1. The first-order valence-corrected chi connectivity index (χ1v) is 8.19. The fraction of sp³-hybridized carbons (Fsp3) is 0.538. The first kappa shape index (κ1) is 15.1. The summed E-state index contributed by atoms with van der Waals surface area (Å²) in [5, 5.41) is 3.39. The van der Waals surface area contributed by atoms with Crippen molar-refractivity contribution in [1.82, 2.24) is 9.62 Å². The summed E-state index contributed by atoms with van der Waals surface area (Å²) < 4.78 is 25.7. The Hall–Kier alpha value is -1.31. The Labute approximate surface area is 120 Å². The second kappa shape index (κ2) is 5.99. The zero-order valence-electron chi connectivity index (χ0n) is 11.9. The van der Waals surface area contributed by atoms with Crippen molar-refractivity contribution in [2.75, 3.05) is 38.2 Å². The highest BCUT2D eigenvalue weighted by molar-refractivity contribution is 7.89. The smallest absolute Gasteiger partial charge is 0.240 e. The molecule has 1 heterocycles. The third-order valence-electron chi connectivity index (χ3n) is 3.59. The third kappa shape index (κ3) is 3.41. The maximum Gasteiger partial charge on any atom is 0.240 e. The van der Waals surface area contributed by atoms with E-state index < -0.39 is 10.0 Å². The Bertz CT molecular complexity index is 574. The van der Waals surface area contributed by atoms with Gasteiger partial charge in [-0.15, -0.1) is 0 Å². The van der Waals surface area contributed by atoms with Crippen LogP contribution in [0.1, 0.15) is 12.8 Å². The van der Waals surface area contributed by atoms with Gasteiger partial charge >= 0.3 is 0 Å². The van der Waals surface area contributed by atoms with Crippen molar-refractivity contribution in [2.45, 2.75) is 23.8 Å². The largest absolute Gasteiger partial charge is 0.397 e. The van der Waals surface area contributed by atoms with Crippen LogP contribution in [-0.4, -0.2) is 46.5 Å². The molecular formula is C13H22N4O2S. The van der Waals surface area contributed by atoms with Crippen LogP contribution in [-0.2, 0) is 10.0 Å². The number of likely N-dealkylation sites (N-methyl/N-ethyl adjacent to an activating group) is 1. The number of likely N-dealkylation sites (tertiary alicyclic amines) is 1. The first-order chi connectivity index (χ1) is 9.42. The Kier molecular flexibility index (Phi) is 4.52. The molecule has 2 rings (SSSR count). The fourth-order valence-electron chi connectivity index (χ4n) is 2.46. The van der Waals surface area contributed by atoms with Crippen LogP contribution >= 0.6 is 0 Å². The molecule has 1 atom stereocenters. The van der Waals surface area contributed by atoms with E-state index in [1.807, 2.05) is 0 Å². The van der Waals surface area contributed by atoms with Crippen LogP contribution in [0.2, 0.25) is 0 Å². The zero-order valence-corrected chi connectivity index (χ0v) is 12.7. The number of benzene rings is 1. The Morgan fingerprint density at radius 3 is 2.75 bits per heavy atom. The number of sulfonamides is 1. The molecule has 0 radical (unpaired) electrons. The number of rotatable bonds is 4. The van der Waals surface area contributed by atoms with E-state index in [4.69, 9.17) is 5.73 Å². The Morgan fingerprint density at radius 1 is 1.40 bits per heavy atom. The van der Waals surface area contributed by atoms with Crippen LogP contribution in [0.5, 0.6) is 0 Å². The lowest BCUT2D eigenvalue weighted by Crippen LogP contribution is -2.39. The van der Waals surface area contributed by atoms with Crippen molar-refractivity contribution in [3.8, 4) is 0 Å². The van der Waals surface area contributed by atoms with Crippen LogP contribution in [0.15, 0.2) is 23.1 Å². The van der Waals surface area contributed by atoms with Crippen LogP contribution in [0, 0.1) is 0 Å². The standard InChI is InChI=1S/C13H22N4O2S/c1-15-20(18,19)11-5-6-13(12(14)8-11)16-10-4-3-7-17(2)9-10/h5-6,8,10,15-16H,3-4,7,9,14H2,1-2H3. The number of anilines is 2. The topological polar surface area (TPSA) is 87.5 Å². The van der Waals surface area contributed by atoms with E-state index in [0.717, 1.165) is 31.6 Å². The molecule has 0 bridgehead atoms. The second-order valence-electron chi connectivity index (χ2n) is 5.20. The molecule has 0 spiro atoms. The van der Waals surface area contributed by atoms with Gasteiger partial charge in [-0.3, -0.25) is 0 Å². The minimum atomic E-state index is -3.45. The molecule has 6 nitrogen and oxygen atoms in total. The average molecular weight is 298 g/mol. The summed E-state index contributed by atoms with van der Waals surface area (Å²) in [5.74, 6) is 0. The summed E-state index contributed by atoms with van der Waals surface area (Å²) >= 11 is 0. The van der Waals surface area contributed by atoms with Gasteiger partial charge in [0.05, 0.1) is 16.3 Å². The molecule has 1 aliphatic rings. The molecule has 1 aromatic carbocycles. The van der Waals surface area contributed by atoms with E-state index in [-0.39, 0.29) is 4.90 Å². The van der Waals surface area contributed by atoms with Crippen molar-refractivity contribution < 1.29 is 8.42 Å². The Morgan fingerprint density at radius 2 is 2.15 bits per heavy atom. The summed E-state index contributed by atoms with van der Waals surface area (Å²) in [6.07, 6.45) is 2.25. The number of hydrogen-bond acceptors (Lipinski definition) is 5. The maximum absolute atomic E-state index is 11.7. The van der Waals surface area contributed by atoms with E-state index >= 15 is 0 Å². The van der Waals surface area contributed by atoms with Gasteiger partial charge in [-0.25, -0.2) is 13.1 Å². The monoisotopic (exact) mass is 298 g/mol. The van der Waals surface area contributed by atoms with E-state index in [1.165, 1.54) is 13.1 Å². The van der Waals surface area contributed by atoms with Gasteiger partial charge in [-0.05, 0) is 51.7 Å². The lowest BCUT2D eigenvalue weighted by atomic mass is 10.1. The first-order valence-electron chi connectivity index (χ1n) is 6.70. The summed E-state index contributed by atoms with van der Waals surface area (Å²) in [7, 11) is 0.0362. The van der Waals surface area contributed by atoms with E-state index in [1.54, 1.807) is 12.1 Å². The van der Waals surface area contributed by atoms with Gasteiger partial charge in [0, 0.05) is 12.6 Å². The highest BCUT2D eigenvalue weighted by Gasteiger charge is 2.18. The van der Waals surface area contributed by atoms with Crippen molar-refractivity contribution in [3.63, 3.8) is 0 Å². The summed E-state index contributed by atoms with van der Waals surface area (Å²) in [6.45, 7) is 2.09. The molecular weight excluding hydrogens is 276 g/mol. The molecule has 1 aromatic rings. The third-order valence-corrected chi connectivity index (χ3v) is 5.00. The molecule has 112 valence electrons. The Balaban J connectivity index is 2.14. The van der Waals surface area contributed by atoms with Crippen molar-refractivity contribution >= 4 is 21.4 Å². The number of nitrogens with one attached hydrogen (secondary N) is 2. The van der Waals surface area contributed by atoms with E-state index in [9.17, 15) is 8.42 Å². The fourth-order valence-corrected chi connectivity index (χ4v) is 3.23. The summed E-state index contributed by atoms with van der Waals surface area (Å²) in [5.41, 5.74) is 7.20. The van der Waals surface area contributed by atoms with Gasteiger partial charge in [-0.1, -0.05) is 0 Å². The van der Waals surface area contributed by atoms with Gasteiger partial charge in [0.25, 0.3) is 0 Å². The lowest BCUT2D eigenvalue weighted by molar-refractivity contribution is 0.261. The van der Waals surface area contributed by atoms with Crippen LogP contribution in [0.4, 0.5) is 11.4 Å². The second-order valence-corrected chi connectivity index (χ2v) is 7.09. The number of hydrogen-bond donors (Lipinski definition) is 3. The summed E-state index contributed by atoms with van der Waals surface area (Å²) in [6, 6.07) is 5.13. The minimum absolute atomic E-state index is 0.184.